The Morgan fingerprint density at radius 3 is 2.48 bits per heavy atom. The number of piperazine rings is 1. The lowest BCUT2D eigenvalue weighted by Crippen LogP contribution is -2.55. The van der Waals surface area contributed by atoms with Crippen molar-refractivity contribution in [1.29, 1.82) is 0 Å². The first kappa shape index (κ1) is 18.0. The van der Waals surface area contributed by atoms with Gasteiger partial charge >= 0.3 is 0 Å². The second-order valence-electron chi connectivity index (χ2n) is 7.98. The molecule has 2 aliphatic rings. The Morgan fingerprint density at radius 1 is 1.00 bits per heavy atom. The van der Waals surface area contributed by atoms with E-state index in [0.29, 0.717) is 24.3 Å². The van der Waals surface area contributed by atoms with Gasteiger partial charge in [-0.2, -0.15) is 0 Å². The molecule has 2 aliphatic heterocycles. The maximum absolute atomic E-state index is 13.7. The fraction of sp³-hybridized carbons (Fsp3) is 0.304. The van der Waals surface area contributed by atoms with Crippen molar-refractivity contribution in [3.63, 3.8) is 0 Å². The Hall–Kier alpha value is -3.02. The molecule has 2 atom stereocenters. The van der Waals surface area contributed by atoms with Gasteiger partial charge in [-0.1, -0.05) is 11.6 Å². The van der Waals surface area contributed by atoms with Crippen molar-refractivity contribution >= 4 is 22.5 Å². The smallest absolute Gasteiger partial charge is 0.254 e. The van der Waals surface area contributed by atoms with Gasteiger partial charge in [0.15, 0.2) is 11.6 Å². The Labute approximate surface area is 167 Å². The summed E-state index contributed by atoms with van der Waals surface area (Å²) in [5, 5.41) is 0.868. The fourth-order valence-electron chi connectivity index (χ4n) is 4.75. The topological polar surface area (TPSA) is 36.4 Å². The highest BCUT2D eigenvalue weighted by atomic mass is 19.2. The van der Waals surface area contributed by atoms with E-state index >= 15 is 0 Å². The van der Waals surface area contributed by atoms with Crippen molar-refractivity contribution in [1.82, 2.24) is 9.88 Å². The van der Waals surface area contributed by atoms with Crippen molar-refractivity contribution in [2.24, 2.45) is 0 Å². The van der Waals surface area contributed by atoms with Crippen molar-refractivity contribution < 1.29 is 13.6 Å². The number of aromatic nitrogens is 1. The van der Waals surface area contributed by atoms with Crippen LogP contribution in [0, 0.1) is 18.6 Å². The molecule has 29 heavy (non-hydrogen) atoms. The highest BCUT2D eigenvalue weighted by Crippen LogP contribution is 2.36. The summed E-state index contributed by atoms with van der Waals surface area (Å²) < 4.78 is 27.1. The largest absolute Gasteiger partial charge is 0.362 e. The minimum atomic E-state index is -0.838. The number of nitrogens with zero attached hydrogens (tertiary/aromatic N) is 3. The normalized spacial score (nSPS) is 21.1. The Kier molecular flexibility index (Phi) is 4.23. The van der Waals surface area contributed by atoms with Crippen LogP contribution in [0.4, 0.5) is 14.5 Å². The molecule has 1 amide bonds. The van der Waals surface area contributed by atoms with Crippen LogP contribution in [-0.2, 0) is 0 Å². The predicted molar refractivity (Wildman–Crippen MR) is 108 cm³/mol. The predicted octanol–water partition coefficient (Wildman–Crippen LogP) is 4.31. The number of aryl methyl sites for hydroxylation is 1. The number of carbonyl (C=O) groups is 1. The van der Waals surface area contributed by atoms with Gasteiger partial charge in [0.25, 0.3) is 5.91 Å². The molecular weight excluding hydrogens is 372 g/mol. The zero-order valence-electron chi connectivity index (χ0n) is 16.1. The van der Waals surface area contributed by atoms with Crippen LogP contribution in [0.5, 0.6) is 0 Å². The molecule has 4 nitrogen and oxygen atoms in total. The number of hydrogen-bond donors (Lipinski definition) is 0. The van der Waals surface area contributed by atoms with Gasteiger partial charge in [-0.05, 0) is 50.1 Å². The molecule has 0 spiro atoms. The summed E-state index contributed by atoms with van der Waals surface area (Å²) in [7, 11) is 0. The summed E-state index contributed by atoms with van der Waals surface area (Å²) in [4.78, 5) is 21.8. The zero-order valence-corrected chi connectivity index (χ0v) is 16.1. The Bertz CT molecular complexity index is 1100. The minimum absolute atomic E-state index is 0.00448. The molecule has 0 saturated carbocycles. The van der Waals surface area contributed by atoms with Gasteiger partial charge in [0.05, 0.1) is 11.1 Å². The van der Waals surface area contributed by atoms with Gasteiger partial charge in [0, 0.05) is 48.5 Å². The molecule has 148 valence electrons. The van der Waals surface area contributed by atoms with E-state index in [4.69, 9.17) is 0 Å². The highest BCUT2D eigenvalue weighted by molar-refractivity contribution is 6.06. The summed E-state index contributed by atoms with van der Waals surface area (Å²) in [6.07, 6.45) is 3.55. The lowest BCUT2D eigenvalue weighted by atomic mass is 10.0. The third-order valence-corrected chi connectivity index (χ3v) is 6.10. The molecule has 2 saturated heterocycles. The van der Waals surface area contributed by atoms with Crippen LogP contribution in [-0.4, -0.2) is 41.0 Å². The van der Waals surface area contributed by atoms with Crippen LogP contribution < -0.4 is 4.90 Å². The van der Waals surface area contributed by atoms with Crippen molar-refractivity contribution in [2.75, 3.05) is 18.0 Å². The van der Waals surface area contributed by atoms with E-state index < -0.39 is 11.6 Å². The number of carbonyl (C=O) groups excluding carboxylic acids is 1. The van der Waals surface area contributed by atoms with Crippen molar-refractivity contribution in [3.05, 3.63) is 71.4 Å². The van der Waals surface area contributed by atoms with E-state index in [1.165, 1.54) is 12.1 Å². The maximum Gasteiger partial charge on any atom is 0.254 e. The monoisotopic (exact) mass is 393 g/mol. The zero-order chi connectivity index (χ0) is 20.1. The maximum atomic E-state index is 13.7. The highest BCUT2D eigenvalue weighted by Gasteiger charge is 2.42. The van der Waals surface area contributed by atoms with E-state index in [1.807, 2.05) is 30.0 Å². The van der Waals surface area contributed by atoms with E-state index in [1.54, 1.807) is 18.3 Å². The van der Waals surface area contributed by atoms with Crippen LogP contribution >= 0.6 is 0 Å². The molecule has 2 unspecified atom stereocenters. The number of rotatable bonds is 2. The van der Waals surface area contributed by atoms with Gasteiger partial charge in [-0.25, -0.2) is 8.78 Å². The summed E-state index contributed by atoms with van der Waals surface area (Å²) in [5.74, 6) is -1.67. The molecule has 3 heterocycles. The Morgan fingerprint density at radius 2 is 1.76 bits per heavy atom. The standard InChI is InChI=1S/C23H21F2N3O/c1-14-2-7-22-19(10-14)18(8-9-26-22)23(29)27-12-16-3-4-17(13-27)28(16)15-5-6-20(24)21(25)11-15/h2,5-11,16-17H,3-4,12-13H2,1H3. The third-order valence-electron chi connectivity index (χ3n) is 6.10. The van der Waals surface area contributed by atoms with Crippen LogP contribution in [0.2, 0.25) is 0 Å². The van der Waals surface area contributed by atoms with Crippen molar-refractivity contribution in [3.8, 4) is 0 Å². The third kappa shape index (κ3) is 3.03. The summed E-state index contributed by atoms with van der Waals surface area (Å²) >= 11 is 0. The second-order valence-corrected chi connectivity index (χ2v) is 7.98. The van der Waals surface area contributed by atoms with E-state index in [-0.39, 0.29) is 18.0 Å². The van der Waals surface area contributed by atoms with Crippen LogP contribution in [0.3, 0.4) is 0 Å². The van der Waals surface area contributed by atoms with Gasteiger partial charge in [-0.3, -0.25) is 9.78 Å². The number of fused-ring (bicyclic) bond motifs is 3. The molecule has 0 radical (unpaired) electrons. The molecule has 0 aliphatic carbocycles. The lowest BCUT2D eigenvalue weighted by molar-refractivity contribution is 0.0720. The minimum Gasteiger partial charge on any atom is -0.362 e. The molecule has 6 heteroatoms. The number of benzene rings is 2. The molecule has 5 rings (SSSR count). The molecule has 2 fully saturated rings. The summed E-state index contributed by atoms with van der Waals surface area (Å²) in [6, 6.07) is 12.0. The average Bonchev–Trinajstić information content (AvgIpc) is 2.98. The first-order chi connectivity index (χ1) is 14.0. The number of hydrogen-bond acceptors (Lipinski definition) is 3. The molecular formula is C23H21F2N3O. The number of pyridine rings is 1. The van der Waals surface area contributed by atoms with Crippen LogP contribution in [0.25, 0.3) is 10.9 Å². The molecule has 0 N–H and O–H groups in total. The van der Waals surface area contributed by atoms with Gasteiger partial charge in [-0.15, -0.1) is 0 Å². The van der Waals surface area contributed by atoms with Crippen LogP contribution in [0.15, 0.2) is 48.7 Å². The quantitative estimate of drug-likeness (QED) is 0.651. The molecule has 2 bridgehead atoms. The van der Waals surface area contributed by atoms with E-state index in [9.17, 15) is 13.6 Å². The van der Waals surface area contributed by atoms with E-state index in [2.05, 4.69) is 9.88 Å². The van der Waals surface area contributed by atoms with Crippen LogP contribution in [0.1, 0.15) is 28.8 Å². The van der Waals surface area contributed by atoms with E-state index in [0.717, 1.165) is 29.3 Å². The molecule has 2 aromatic carbocycles. The molecule has 3 aromatic rings. The van der Waals surface area contributed by atoms with Gasteiger partial charge in [0.1, 0.15) is 0 Å². The van der Waals surface area contributed by atoms with Crippen molar-refractivity contribution in [2.45, 2.75) is 31.8 Å². The Balaban J connectivity index is 1.43. The molecule has 1 aromatic heterocycles. The average molecular weight is 393 g/mol. The lowest BCUT2D eigenvalue weighted by Gasteiger charge is -2.42. The number of halogens is 2. The SMILES string of the molecule is Cc1ccc2nccc(C(=O)N3CC4CCC(C3)N4c3ccc(F)c(F)c3)c2c1. The summed E-state index contributed by atoms with van der Waals surface area (Å²) in [5.41, 5.74) is 3.25. The number of amides is 1. The van der Waals surface area contributed by atoms with Gasteiger partial charge in [0.2, 0.25) is 0 Å². The number of anilines is 1. The first-order valence-electron chi connectivity index (χ1n) is 9.89. The fourth-order valence-corrected chi connectivity index (χ4v) is 4.75. The number of likely N-dealkylation sites (tertiary alicyclic amines) is 1. The second kappa shape index (κ2) is 6.79. The van der Waals surface area contributed by atoms with Gasteiger partial charge < -0.3 is 9.80 Å². The summed E-state index contributed by atoms with van der Waals surface area (Å²) in [6.45, 7) is 3.15. The first-order valence-corrected chi connectivity index (χ1v) is 9.89.